The van der Waals surface area contributed by atoms with E-state index in [4.69, 9.17) is 20.9 Å². The minimum atomic E-state index is -0.415. The van der Waals surface area contributed by atoms with Gasteiger partial charge in [0.1, 0.15) is 5.60 Å². The van der Waals surface area contributed by atoms with Crippen molar-refractivity contribution >= 4 is 23.4 Å². The average Bonchev–Trinajstić information content (AvgIpc) is 3.05. The van der Waals surface area contributed by atoms with Gasteiger partial charge in [0.15, 0.2) is 0 Å². The van der Waals surface area contributed by atoms with Crippen molar-refractivity contribution in [3.8, 4) is 0 Å². The zero-order valence-electron chi connectivity index (χ0n) is 16.1. The SMILES string of the molecule is COC(=O)c1ccc(N)c(N)c1.COC1CCN(C(=O)OC(C)(C)C)C1. The van der Waals surface area contributed by atoms with Crippen LogP contribution in [0.15, 0.2) is 18.2 Å². The van der Waals surface area contributed by atoms with Gasteiger partial charge in [0, 0.05) is 13.7 Å². The van der Waals surface area contributed by atoms with E-state index in [-0.39, 0.29) is 12.2 Å². The summed E-state index contributed by atoms with van der Waals surface area (Å²) in [5.74, 6) is -0.415. The standard InChI is InChI=1S/C10H19NO3.C8H10N2O2/c1-10(2,3)14-9(12)11-6-5-8(7-11)13-4;1-12-8(11)5-2-3-6(9)7(10)4-5/h8H,5-7H2,1-4H3;2-4H,9-10H2,1H3. The van der Waals surface area contributed by atoms with Crippen LogP contribution >= 0.6 is 0 Å². The Hall–Kier alpha value is -2.48. The van der Waals surface area contributed by atoms with Crippen LogP contribution in [0, 0.1) is 0 Å². The largest absolute Gasteiger partial charge is 0.465 e. The first-order valence-electron chi connectivity index (χ1n) is 8.31. The number of hydrogen-bond donors (Lipinski definition) is 2. The highest BCUT2D eigenvalue weighted by atomic mass is 16.6. The van der Waals surface area contributed by atoms with Crippen LogP contribution in [-0.2, 0) is 14.2 Å². The Morgan fingerprint density at radius 3 is 2.27 bits per heavy atom. The average molecular weight is 367 g/mol. The van der Waals surface area contributed by atoms with Crippen molar-refractivity contribution in [3.05, 3.63) is 23.8 Å². The molecule has 0 spiro atoms. The zero-order chi connectivity index (χ0) is 19.9. The molecule has 0 radical (unpaired) electrons. The Balaban J connectivity index is 0.000000263. The lowest BCUT2D eigenvalue weighted by Gasteiger charge is -2.24. The normalized spacial score (nSPS) is 16.5. The summed E-state index contributed by atoms with van der Waals surface area (Å²) in [7, 11) is 2.98. The molecular weight excluding hydrogens is 338 g/mol. The van der Waals surface area contributed by atoms with Gasteiger partial charge < -0.3 is 30.6 Å². The molecule has 1 fully saturated rings. The number of nitrogens with two attached hydrogens (primary N) is 2. The fourth-order valence-corrected chi connectivity index (χ4v) is 2.23. The molecule has 0 aliphatic carbocycles. The van der Waals surface area contributed by atoms with E-state index in [1.165, 1.54) is 13.2 Å². The summed E-state index contributed by atoms with van der Waals surface area (Å²) in [5, 5.41) is 0. The Bertz CT molecular complexity index is 628. The molecule has 1 aliphatic heterocycles. The molecule has 1 atom stereocenters. The fraction of sp³-hybridized carbons (Fsp3) is 0.556. The van der Waals surface area contributed by atoms with Crippen molar-refractivity contribution < 1.29 is 23.8 Å². The summed E-state index contributed by atoms with van der Waals surface area (Å²) in [6.07, 6.45) is 0.829. The predicted molar refractivity (Wildman–Crippen MR) is 99.8 cm³/mol. The molecule has 1 amide bonds. The molecule has 146 valence electrons. The van der Waals surface area contributed by atoms with E-state index >= 15 is 0 Å². The molecule has 1 saturated heterocycles. The van der Waals surface area contributed by atoms with Crippen LogP contribution < -0.4 is 11.5 Å². The van der Waals surface area contributed by atoms with Crippen molar-refractivity contribution in [3.63, 3.8) is 0 Å². The van der Waals surface area contributed by atoms with E-state index in [0.717, 1.165) is 13.0 Å². The minimum Gasteiger partial charge on any atom is -0.465 e. The summed E-state index contributed by atoms with van der Waals surface area (Å²) in [5.41, 5.74) is 11.8. The smallest absolute Gasteiger partial charge is 0.410 e. The van der Waals surface area contributed by atoms with Gasteiger partial charge in [-0.3, -0.25) is 0 Å². The first kappa shape index (κ1) is 21.6. The Kier molecular flexibility index (Phi) is 7.70. The van der Waals surface area contributed by atoms with Crippen molar-refractivity contribution in [1.29, 1.82) is 0 Å². The Morgan fingerprint density at radius 1 is 1.15 bits per heavy atom. The molecular formula is C18H29N3O5. The van der Waals surface area contributed by atoms with E-state index in [1.807, 2.05) is 20.8 Å². The lowest BCUT2D eigenvalue weighted by atomic mass is 10.2. The molecule has 8 nitrogen and oxygen atoms in total. The number of likely N-dealkylation sites (tertiary alicyclic amines) is 1. The van der Waals surface area contributed by atoms with Crippen LogP contribution in [0.5, 0.6) is 0 Å². The molecule has 0 bridgehead atoms. The van der Waals surface area contributed by atoms with Crippen molar-refractivity contribution in [2.75, 3.05) is 38.8 Å². The van der Waals surface area contributed by atoms with E-state index < -0.39 is 11.6 Å². The van der Waals surface area contributed by atoms with Gasteiger partial charge in [0.05, 0.1) is 36.7 Å². The van der Waals surface area contributed by atoms with Gasteiger partial charge >= 0.3 is 12.1 Å². The molecule has 4 N–H and O–H groups in total. The van der Waals surface area contributed by atoms with E-state index in [9.17, 15) is 9.59 Å². The monoisotopic (exact) mass is 367 g/mol. The van der Waals surface area contributed by atoms with Gasteiger partial charge in [-0.15, -0.1) is 0 Å². The highest BCUT2D eigenvalue weighted by Crippen LogP contribution is 2.17. The van der Waals surface area contributed by atoms with Gasteiger partial charge in [-0.25, -0.2) is 9.59 Å². The number of benzene rings is 1. The van der Waals surface area contributed by atoms with E-state index in [2.05, 4.69) is 4.74 Å². The quantitative estimate of drug-likeness (QED) is 0.608. The third-order valence-corrected chi connectivity index (χ3v) is 3.64. The summed E-state index contributed by atoms with van der Waals surface area (Å²) in [6, 6.07) is 4.63. The summed E-state index contributed by atoms with van der Waals surface area (Å²) >= 11 is 0. The fourth-order valence-electron chi connectivity index (χ4n) is 2.23. The first-order valence-corrected chi connectivity index (χ1v) is 8.31. The zero-order valence-corrected chi connectivity index (χ0v) is 16.1. The second-order valence-corrected chi connectivity index (χ2v) is 6.91. The van der Waals surface area contributed by atoms with Gasteiger partial charge in [-0.2, -0.15) is 0 Å². The van der Waals surface area contributed by atoms with Crippen molar-refractivity contribution in [2.24, 2.45) is 0 Å². The molecule has 1 unspecified atom stereocenters. The molecule has 8 heteroatoms. The van der Waals surface area contributed by atoms with Gasteiger partial charge in [0.2, 0.25) is 0 Å². The van der Waals surface area contributed by atoms with E-state index in [1.54, 1.807) is 24.1 Å². The topological polar surface area (TPSA) is 117 Å². The number of amides is 1. The molecule has 26 heavy (non-hydrogen) atoms. The van der Waals surface area contributed by atoms with Gasteiger partial charge in [0.25, 0.3) is 0 Å². The number of esters is 1. The summed E-state index contributed by atoms with van der Waals surface area (Å²) < 4.78 is 14.9. The molecule has 0 saturated carbocycles. The molecule has 1 aromatic carbocycles. The number of carbonyl (C=O) groups is 2. The van der Waals surface area contributed by atoms with Crippen molar-refractivity contribution in [1.82, 2.24) is 4.90 Å². The van der Waals surface area contributed by atoms with Crippen LogP contribution in [0.3, 0.4) is 0 Å². The maximum absolute atomic E-state index is 11.6. The minimum absolute atomic E-state index is 0.169. The number of anilines is 2. The number of methoxy groups -OCH3 is 2. The highest BCUT2D eigenvalue weighted by Gasteiger charge is 2.29. The van der Waals surface area contributed by atoms with Crippen LogP contribution in [0.1, 0.15) is 37.6 Å². The van der Waals surface area contributed by atoms with Gasteiger partial charge in [-0.05, 0) is 45.4 Å². The van der Waals surface area contributed by atoms with Crippen LogP contribution in [0.2, 0.25) is 0 Å². The maximum Gasteiger partial charge on any atom is 0.410 e. The summed E-state index contributed by atoms with van der Waals surface area (Å²) in [4.78, 5) is 24.2. The molecule has 1 heterocycles. The van der Waals surface area contributed by atoms with Crippen molar-refractivity contribution in [2.45, 2.75) is 38.9 Å². The maximum atomic E-state index is 11.6. The number of ether oxygens (including phenoxy) is 3. The van der Waals surface area contributed by atoms with Crippen LogP contribution in [0.25, 0.3) is 0 Å². The number of nitrogen functional groups attached to an aromatic ring is 2. The second kappa shape index (κ2) is 9.28. The lowest BCUT2D eigenvalue weighted by Crippen LogP contribution is -2.35. The first-order chi connectivity index (χ1) is 12.1. The van der Waals surface area contributed by atoms with Crippen LogP contribution in [0.4, 0.5) is 16.2 Å². The number of rotatable bonds is 2. The number of carbonyl (C=O) groups excluding carboxylic acids is 2. The third-order valence-electron chi connectivity index (χ3n) is 3.64. The molecule has 1 aromatic rings. The van der Waals surface area contributed by atoms with E-state index in [0.29, 0.717) is 23.5 Å². The molecule has 0 aromatic heterocycles. The Labute approximate surface area is 154 Å². The number of nitrogens with zero attached hydrogens (tertiary/aromatic N) is 1. The highest BCUT2D eigenvalue weighted by molar-refractivity contribution is 5.91. The summed E-state index contributed by atoms with van der Waals surface area (Å²) in [6.45, 7) is 6.98. The third kappa shape index (κ3) is 6.79. The number of hydrogen-bond acceptors (Lipinski definition) is 7. The second-order valence-electron chi connectivity index (χ2n) is 6.91. The molecule has 1 aliphatic rings. The lowest BCUT2D eigenvalue weighted by molar-refractivity contribution is 0.0252. The Morgan fingerprint density at radius 2 is 1.81 bits per heavy atom. The van der Waals surface area contributed by atoms with Crippen LogP contribution in [-0.4, -0.2) is 56.0 Å². The predicted octanol–water partition coefficient (Wildman–Crippen LogP) is 2.28. The van der Waals surface area contributed by atoms with Gasteiger partial charge in [-0.1, -0.05) is 0 Å². The molecule has 2 rings (SSSR count).